The molecule has 2 aromatic rings. The topological polar surface area (TPSA) is 86.8 Å². The molecule has 1 saturated heterocycles. The van der Waals surface area contributed by atoms with Crippen molar-refractivity contribution in [2.75, 3.05) is 32.5 Å². The van der Waals surface area contributed by atoms with E-state index < -0.39 is 15.9 Å². The highest BCUT2D eigenvalue weighted by Gasteiger charge is 2.31. The van der Waals surface area contributed by atoms with Crippen molar-refractivity contribution < 1.29 is 18.0 Å². The van der Waals surface area contributed by atoms with E-state index in [0.29, 0.717) is 18.7 Å². The molecule has 0 atom stereocenters. The molecule has 1 aromatic heterocycles. The number of anilines is 1. The molecule has 156 valence electrons. The highest BCUT2D eigenvalue weighted by Crippen LogP contribution is 2.30. The molecule has 1 aliphatic heterocycles. The van der Waals surface area contributed by atoms with Gasteiger partial charge in [0.25, 0.3) is 11.8 Å². The van der Waals surface area contributed by atoms with Gasteiger partial charge >= 0.3 is 0 Å². The van der Waals surface area contributed by atoms with Gasteiger partial charge in [0.15, 0.2) is 0 Å². The van der Waals surface area contributed by atoms with Gasteiger partial charge in [-0.05, 0) is 42.5 Å². The third-order valence-electron chi connectivity index (χ3n) is 4.64. The Kier molecular flexibility index (Phi) is 6.62. The van der Waals surface area contributed by atoms with E-state index in [0.717, 1.165) is 30.6 Å². The van der Waals surface area contributed by atoms with Crippen LogP contribution in [0.15, 0.2) is 34.5 Å². The number of nitrogens with one attached hydrogen (secondary N) is 1. The Hall–Kier alpha value is -1.94. The Bertz CT molecular complexity index is 1030. The molecule has 10 heteroatoms. The van der Waals surface area contributed by atoms with E-state index in [1.165, 1.54) is 27.4 Å². The predicted molar refractivity (Wildman–Crippen MR) is 114 cm³/mol. The first kappa shape index (κ1) is 21.8. The fourth-order valence-corrected chi connectivity index (χ4v) is 6.08. The number of amides is 2. The van der Waals surface area contributed by atoms with Crippen LogP contribution >= 0.6 is 22.9 Å². The largest absolute Gasteiger partial charge is 0.345 e. The molecule has 0 saturated carbocycles. The average molecular weight is 456 g/mol. The summed E-state index contributed by atoms with van der Waals surface area (Å²) in [5.41, 5.74) is 0.612. The van der Waals surface area contributed by atoms with Crippen LogP contribution in [0.5, 0.6) is 0 Å². The van der Waals surface area contributed by atoms with Gasteiger partial charge in [0.05, 0.1) is 10.7 Å². The molecule has 0 radical (unpaired) electrons. The Labute approximate surface area is 179 Å². The molecule has 0 unspecified atom stereocenters. The first-order valence-corrected chi connectivity index (χ1v) is 11.8. The number of hydrogen-bond donors (Lipinski definition) is 1. The smallest absolute Gasteiger partial charge is 0.267 e. The van der Waals surface area contributed by atoms with Gasteiger partial charge in [0, 0.05) is 32.7 Å². The van der Waals surface area contributed by atoms with Crippen molar-refractivity contribution in [3.8, 4) is 0 Å². The molecule has 1 aromatic carbocycles. The van der Waals surface area contributed by atoms with E-state index in [4.69, 9.17) is 11.6 Å². The number of nitrogens with zero attached hydrogens (tertiary/aromatic N) is 2. The highest BCUT2D eigenvalue weighted by molar-refractivity contribution is 7.89. The first-order valence-electron chi connectivity index (χ1n) is 9.12. The zero-order chi connectivity index (χ0) is 21.2. The van der Waals surface area contributed by atoms with Gasteiger partial charge in [-0.3, -0.25) is 9.59 Å². The van der Waals surface area contributed by atoms with Crippen LogP contribution in [0.3, 0.4) is 0 Å². The van der Waals surface area contributed by atoms with Crippen molar-refractivity contribution in [1.29, 1.82) is 0 Å². The first-order chi connectivity index (χ1) is 13.7. The summed E-state index contributed by atoms with van der Waals surface area (Å²) in [5.74, 6) is -0.811. The maximum atomic E-state index is 13.0. The maximum absolute atomic E-state index is 13.0. The van der Waals surface area contributed by atoms with E-state index in [9.17, 15) is 18.0 Å². The van der Waals surface area contributed by atoms with Gasteiger partial charge < -0.3 is 10.2 Å². The molecular formula is C19H22ClN3O4S2. The molecule has 1 N–H and O–H groups in total. The van der Waals surface area contributed by atoms with Gasteiger partial charge in [-0.15, -0.1) is 11.3 Å². The van der Waals surface area contributed by atoms with Gasteiger partial charge in [-0.1, -0.05) is 18.0 Å². The van der Waals surface area contributed by atoms with Crippen LogP contribution in [0, 0.1) is 0 Å². The summed E-state index contributed by atoms with van der Waals surface area (Å²) in [5, 5.41) is 4.49. The lowest BCUT2D eigenvalue weighted by molar-refractivity contribution is 0.0827. The summed E-state index contributed by atoms with van der Waals surface area (Å²) in [6.45, 7) is 0.916. The van der Waals surface area contributed by atoms with Crippen molar-refractivity contribution in [1.82, 2.24) is 9.21 Å². The summed E-state index contributed by atoms with van der Waals surface area (Å²) in [6, 6.07) is 6.03. The molecule has 0 bridgehead atoms. The second kappa shape index (κ2) is 8.83. The summed E-state index contributed by atoms with van der Waals surface area (Å²) >= 11 is 7.23. The second-order valence-corrected chi connectivity index (χ2v) is 10.2. The van der Waals surface area contributed by atoms with Crippen LogP contribution in [-0.4, -0.2) is 56.6 Å². The number of hydrogen-bond acceptors (Lipinski definition) is 5. The summed E-state index contributed by atoms with van der Waals surface area (Å²) < 4.78 is 27.4. The predicted octanol–water partition coefficient (Wildman–Crippen LogP) is 3.53. The number of rotatable bonds is 5. The van der Waals surface area contributed by atoms with Crippen LogP contribution in [0.1, 0.15) is 39.3 Å². The van der Waals surface area contributed by atoms with Crippen LogP contribution in [-0.2, 0) is 10.0 Å². The number of carbonyl (C=O) groups excluding carboxylic acids is 2. The normalized spacial score (nSPS) is 15.1. The Morgan fingerprint density at radius 1 is 1.14 bits per heavy atom. The van der Waals surface area contributed by atoms with Crippen molar-refractivity contribution in [2.24, 2.45) is 0 Å². The maximum Gasteiger partial charge on any atom is 0.267 e. The van der Waals surface area contributed by atoms with Crippen LogP contribution in [0.25, 0.3) is 0 Å². The Morgan fingerprint density at radius 2 is 1.83 bits per heavy atom. The van der Waals surface area contributed by atoms with Gasteiger partial charge in [0.2, 0.25) is 10.0 Å². The zero-order valence-electron chi connectivity index (χ0n) is 16.1. The van der Waals surface area contributed by atoms with Crippen LogP contribution in [0.4, 0.5) is 5.69 Å². The minimum absolute atomic E-state index is 0.00135. The second-order valence-electron chi connectivity index (χ2n) is 6.93. The molecule has 0 aliphatic carbocycles. The van der Waals surface area contributed by atoms with Crippen molar-refractivity contribution in [3.05, 3.63) is 45.1 Å². The lowest BCUT2D eigenvalue weighted by Gasteiger charge is -2.25. The minimum atomic E-state index is -3.74. The molecular weight excluding hydrogens is 434 g/mol. The van der Waals surface area contributed by atoms with Crippen LogP contribution in [0.2, 0.25) is 5.02 Å². The Morgan fingerprint density at radius 3 is 2.48 bits per heavy atom. The third-order valence-corrected chi connectivity index (χ3v) is 7.95. The zero-order valence-corrected chi connectivity index (χ0v) is 18.5. The molecule has 7 nitrogen and oxygen atoms in total. The van der Waals surface area contributed by atoms with Gasteiger partial charge in [-0.25, -0.2) is 8.42 Å². The molecule has 3 rings (SSSR count). The number of carbonyl (C=O) groups is 2. The lowest BCUT2D eigenvalue weighted by Crippen LogP contribution is -2.36. The quantitative estimate of drug-likeness (QED) is 0.747. The van der Waals surface area contributed by atoms with E-state index in [1.807, 2.05) is 0 Å². The Balaban J connectivity index is 1.87. The number of piperidine rings is 1. The summed E-state index contributed by atoms with van der Waals surface area (Å²) in [7, 11) is -0.493. The summed E-state index contributed by atoms with van der Waals surface area (Å²) in [6.07, 6.45) is 2.63. The molecule has 1 fully saturated rings. The monoisotopic (exact) mass is 455 g/mol. The highest BCUT2D eigenvalue weighted by atomic mass is 35.5. The van der Waals surface area contributed by atoms with E-state index in [2.05, 4.69) is 5.32 Å². The SMILES string of the molecule is CN(C)C(=O)c1ccc(Cl)c(NC(=O)c2sccc2S(=O)(=O)N2CCCCC2)c1. The molecule has 29 heavy (non-hydrogen) atoms. The molecule has 1 aliphatic rings. The third kappa shape index (κ3) is 4.63. The molecule has 2 amide bonds. The minimum Gasteiger partial charge on any atom is -0.345 e. The van der Waals surface area contributed by atoms with Gasteiger partial charge in [0.1, 0.15) is 9.77 Å². The standard InChI is InChI=1S/C19H22ClN3O4S2/c1-22(2)19(25)13-6-7-14(20)15(12-13)21-18(24)17-16(8-11-28-17)29(26,27)23-9-4-3-5-10-23/h6-8,11-12H,3-5,9-10H2,1-2H3,(H,21,24). The lowest BCUT2D eigenvalue weighted by atomic mass is 10.1. The van der Waals surface area contributed by atoms with Crippen molar-refractivity contribution in [2.45, 2.75) is 24.2 Å². The number of benzene rings is 1. The van der Waals surface area contributed by atoms with Crippen LogP contribution < -0.4 is 5.32 Å². The fraction of sp³-hybridized carbons (Fsp3) is 0.368. The number of thiophene rings is 1. The van der Waals surface area contributed by atoms with E-state index >= 15 is 0 Å². The number of halogens is 1. The van der Waals surface area contributed by atoms with Crippen molar-refractivity contribution in [3.63, 3.8) is 0 Å². The molecule has 2 heterocycles. The van der Waals surface area contributed by atoms with Crippen molar-refractivity contribution >= 4 is 50.5 Å². The average Bonchev–Trinajstić information content (AvgIpc) is 3.20. The summed E-state index contributed by atoms with van der Waals surface area (Å²) in [4.78, 5) is 26.5. The van der Waals surface area contributed by atoms with E-state index in [-0.39, 0.29) is 26.4 Å². The number of sulfonamides is 1. The van der Waals surface area contributed by atoms with Gasteiger partial charge in [-0.2, -0.15) is 4.31 Å². The fourth-order valence-electron chi connectivity index (χ4n) is 3.10. The van der Waals surface area contributed by atoms with E-state index in [1.54, 1.807) is 25.5 Å². The molecule has 0 spiro atoms.